The number of para-hydroxylation sites is 2. The maximum atomic E-state index is 13.6. The largest absolute Gasteiger partial charge is 0.361 e. The molecule has 1 aliphatic rings. The highest BCUT2D eigenvalue weighted by molar-refractivity contribution is 6.11. The highest BCUT2D eigenvalue weighted by atomic mass is 16.2. The molecule has 2 N–H and O–H groups in total. The molecule has 148 valence electrons. The first kappa shape index (κ1) is 18.2. The van der Waals surface area contributed by atoms with Gasteiger partial charge in [-0.1, -0.05) is 60.7 Å². The van der Waals surface area contributed by atoms with Gasteiger partial charge >= 0.3 is 0 Å². The van der Waals surface area contributed by atoms with Gasteiger partial charge in [-0.3, -0.25) is 9.59 Å². The van der Waals surface area contributed by atoms with Crippen LogP contribution in [0.15, 0.2) is 85.1 Å². The molecule has 0 aliphatic carbocycles. The number of fused-ring (bicyclic) bond motifs is 2. The number of hydrogen-bond acceptors (Lipinski definition) is 2. The zero-order valence-electron chi connectivity index (χ0n) is 16.3. The third-order valence-corrected chi connectivity index (χ3v) is 5.59. The number of hydrogen-bond donors (Lipinski definition) is 2. The minimum absolute atomic E-state index is 0.109. The molecule has 5 rings (SSSR count). The number of carbonyl (C=O) groups is 2. The highest BCUT2D eigenvalue weighted by Crippen LogP contribution is 2.28. The zero-order valence-corrected chi connectivity index (χ0v) is 16.3. The van der Waals surface area contributed by atoms with E-state index in [2.05, 4.69) is 10.3 Å². The van der Waals surface area contributed by atoms with Gasteiger partial charge in [0.25, 0.3) is 5.91 Å². The molecule has 4 aromatic rings. The van der Waals surface area contributed by atoms with E-state index in [9.17, 15) is 9.59 Å². The summed E-state index contributed by atoms with van der Waals surface area (Å²) < 4.78 is 0. The van der Waals surface area contributed by atoms with E-state index >= 15 is 0 Å². The molecule has 2 amide bonds. The molecule has 5 heteroatoms. The molecule has 30 heavy (non-hydrogen) atoms. The number of benzene rings is 3. The number of rotatable bonds is 4. The van der Waals surface area contributed by atoms with E-state index in [-0.39, 0.29) is 11.8 Å². The predicted octanol–water partition coefficient (Wildman–Crippen LogP) is 4.06. The number of aromatic amines is 1. The Labute approximate surface area is 174 Å². The van der Waals surface area contributed by atoms with Crippen LogP contribution >= 0.6 is 0 Å². The van der Waals surface area contributed by atoms with Crippen molar-refractivity contribution in [1.82, 2.24) is 10.3 Å². The fourth-order valence-electron chi connectivity index (χ4n) is 4.09. The van der Waals surface area contributed by atoms with Crippen molar-refractivity contribution in [2.75, 3.05) is 4.90 Å². The van der Waals surface area contributed by atoms with Crippen LogP contribution < -0.4 is 10.2 Å². The Hall–Kier alpha value is -3.86. The van der Waals surface area contributed by atoms with Crippen LogP contribution in [-0.2, 0) is 17.8 Å². The van der Waals surface area contributed by atoms with Crippen LogP contribution in [0.2, 0.25) is 0 Å². The van der Waals surface area contributed by atoms with Crippen LogP contribution in [0.5, 0.6) is 0 Å². The van der Waals surface area contributed by atoms with Gasteiger partial charge in [0, 0.05) is 23.5 Å². The number of H-pyrrole nitrogens is 1. The summed E-state index contributed by atoms with van der Waals surface area (Å²) >= 11 is 0. The SMILES string of the molecule is O=C1N[C@@H](Cc2c[nH]c3ccccc23)C(=O)N(Cc2ccccc2)c2ccccc21. The third kappa shape index (κ3) is 3.24. The van der Waals surface area contributed by atoms with E-state index in [1.54, 1.807) is 11.0 Å². The van der Waals surface area contributed by atoms with E-state index in [0.29, 0.717) is 24.2 Å². The number of nitrogens with zero attached hydrogens (tertiary/aromatic N) is 1. The Kier molecular flexibility index (Phi) is 4.56. The van der Waals surface area contributed by atoms with Gasteiger partial charge in [0.1, 0.15) is 6.04 Å². The van der Waals surface area contributed by atoms with Crippen LogP contribution in [0.3, 0.4) is 0 Å². The molecule has 0 bridgehead atoms. The zero-order chi connectivity index (χ0) is 20.5. The molecule has 2 heterocycles. The van der Waals surface area contributed by atoms with E-state index in [0.717, 1.165) is 22.0 Å². The van der Waals surface area contributed by atoms with Gasteiger partial charge < -0.3 is 15.2 Å². The first-order valence-corrected chi connectivity index (χ1v) is 10.0. The molecular formula is C25H21N3O2. The highest BCUT2D eigenvalue weighted by Gasteiger charge is 2.34. The summed E-state index contributed by atoms with van der Waals surface area (Å²) in [5, 5.41) is 4.03. The lowest BCUT2D eigenvalue weighted by molar-refractivity contribution is -0.120. The fourth-order valence-corrected chi connectivity index (χ4v) is 4.09. The molecule has 0 saturated heterocycles. The summed E-state index contributed by atoms with van der Waals surface area (Å²) in [4.78, 5) is 31.5. The topological polar surface area (TPSA) is 65.2 Å². The Morgan fingerprint density at radius 3 is 2.43 bits per heavy atom. The molecule has 0 spiro atoms. The summed E-state index contributed by atoms with van der Waals surface area (Å²) in [5.74, 6) is -0.332. The molecule has 3 aromatic carbocycles. The molecule has 0 radical (unpaired) electrons. The van der Waals surface area contributed by atoms with Crippen LogP contribution in [-0.4, -0.2) is 22.8 Å². The van der Waals surface area contributed by atoms with Crippen molar-refractivity contribution in [1.29, 1.82) is 0 Å². The second-order valence-corrected chi connectivity index (χ2v) is 7.52. The predicted molar refractivity (Wildman–Crippen MR) is 117 cm³/mol. The number of carbonyl (C=O) groups excluding carboxylic acids is 2. The quantitative estimate of drug-likeness (QED) is 0.547. The molecular weight excluding hydrogens is 374 g/mol. The number of amides is 2. The van der Waals surface area contributed by atoms with E-state index in [4.69, 9.17) is 0 Å². The maximum absolute atomic E-state index is 13.6. The second kappa shape index (κ2) is 7.52. The van der Waals surface area contributed by atoms with Gasteiger partial charge in [0.2, 0.25) is 5.91 Å². The second-order valence-electron chi connectivity index (χ2n) is 7.52. The van der Waals surface area contributed by atoms with Gasteiger partial charge in [-0.25, -0.2) is 0 Å². The lowest BCUT2D eigenvalue weighted by atomic mass is 10.0. The molecule has 0 unspecified atom stereocenters. The minimum Gasteiger partial charge on any atom is -0.361 e. The van der Waals surface area contributed by atoms with E-state index in [1.165, 1.54) is 0 Å². The number of anilines is 1. The smallest absolute Gasteiger partial charge is 0.254 e. The van der Waals surface area contributed by atoms with Crippen molar-refractivity contribution in [3.63, 3.8) is 0 Å². The fraction of sp³-hybridized carbons (Fsp3) is 0.120. The lowest BCUT2D eigenvalue weighted by Crippen LogP contribution is -2.46. The van der Waals surface area contributed by atoms with Crippen molar-refractivity contribution in [3.05, 3.63) is 102 Å². The van der Waals surface area contributed by atoms with Crippen molar-refractivity contribution in [2.24, 2.45) is 0 Å². The standard InChI is InChI=1S/C25H21N3O2/c29-24-20-11-5-7-13-23(20)28(16-17-8-2-1-3-9-17)25(30)22(27-24)14-18-15-26-21-12-6-4-10-19(18)21/h1-13,15,22,26H,14,16H2,(H,27,29)/t22-/m0/s1. The van der Waals surface area contributed by atoms with Crippen LogP contribution in [0.25, 0.3) is 10.9 Å². The normalized spacial score (nSPS) is 16.3. The summed E-state index contributed by atoms with van der Waals surface area (Å²) in [5.41, 5.74) is 4.20. The van der Waals surface area contributed by atoms with Gasteiger partial charge in [-0.15, -0.1) is 0 Å². The summed E-state index contributed by atoms with van der Waals surface area (Å²) in [7, 11) is 0. The van der Waals surface area contributed by atoms with Crippen molar-refractivity contribution < 1.29 is 9.59 Å². The Balaban J connectivity index is 1.53. The van der Waals surface area contributed by atoms with Crippen LogP contribution in [0, 0.1) is 0 Å². The first-order chi connectivity index (χ1) is 14.7. The van der Waals surface area contributed by atoms with E-state index in [1.807, 2.05) is 79.0 Å². The maximum Gasteiger partial charge on any atom is 0.254 e. The lowest BCUT2D eigenvalue weighted by Gasteiger charge is -2.25. The average Bonchev–Trinajstić information content (AvgIpc) is 3.16. The molecule has 1 aliphatic heterocycles. The van der Waals surface area contributed by atoms with Crippen molar-refractivity contribution in [2.45, 2.75) is 19.0 Å². The first-order valence-electron chi connectivity index (χ1n) is 10.0. The Bertz CT molecular complexity index is 1230. The molecule has 1 aromatic heterocycles. The molecule has 0 saturated carbocycles. The minimum atomic E-state index is -0.646. The Morgan fingerprint density at radius 2 is 1.57 bits per heavy atom. The van der Waals surface area contributed by atoms with Gasteiger partial charge in [-0.05, 0) is 29.3 Å². The monoisotopic (exact) mass is 395 g/mol. The molecule has 1 atom stereocenters. The van der Waals surface area contributed by atoms with Gasteiger partial charge in [0.15, 0.2) is 0 Å². The molecule has 0 fully saturated rings. The van der Waals surface area contributed by atoms with Crippen LogP contribution in [0.1, 0.15) is 21.5 Å². The summed E-state index contributed by atoms with van der Waals surface area (Å²) in [6.45, 7) is 0.413. The van der Waals surface area contributed by atoms with Crippen LogP contribution in [0.4, 0.5) is 5.69 Å². The molecule has 5 nitrogen and oxygen atoms in total. The Morgan fingerprint density at radius 1 is 0.833 bits per heavy atom. The summed E-state index contributed by atoms with van der Waals surface area (Å²) in [6.07, 6.45) is 2.34. The van der Waals surface area contributed by atoms with Gasteiger partial charge in [0.05, 0.1) is 17.8 Å². The number of aromatic nitrogens is 1. The van der Waals surface area contributed by atoms with Crippen molar-refractivity contribution >= 4 is 28.4 Å². The average molecular weight is 395 g/mol. The van der Waals surface area contributed by atoms with Crippen molar-refractivity contribution in [3.8, 4) is 0 Å². The summed E-state index contributed by atoms with van der Waals surface area (Å²) in [6, 6.07) is 24.5. The third-order valence-electron chi connectivity index (χ3n) is 5.59. The number of nitrogens with one attached hydrogen (secondary N) is 2. The van der Waals surface area contributed by atoms with E-state index < -0.39 is 6.04 Å². The van der Waals surface area contributed by atoms with Gasteiger partial charge in [-0.2, -0.15) is 0 Å².